The Morgan fingerprint density at radius 1 is 1.53 bits per heavy atom. The minimum absolute atomic E-state index is 0.0626. The molecule has 0 aromatic carbocycles. The lowest BCUT2D eigenvalue weighted by molar-refractivity contribution is 0.492. The smallest absolute Gasteiger partial charge is 0.325 e. The highest BCUT2D eigenvalue weighted by atomic mass is 32.1. The lowest BCUT2D eigenvalue weighted by Gasteiger charge is -2.07. The number of hydrogen-bond acceptors (Lipinski definition) is 3. The fourth-order valence-corrected chi connectivity index (χ4v) is 1.04. The van der Waals surface area contributed by atoms with Crippen molar-refractivity contribution in [3.8, 4) is 0 Å². The Hall–Kier alpha value is -1.70. The van der Waals surface area contributed by atoms with Gasteiger partial charge in [0.05, 0.1) is 0 Å². The highest BCUT2D eigenvalue weighted by molar-refractivity contribution is 7.80. The molecule has 0 saturated carbocycles. The maximum absolute atomic E-state index is 11.8. The molecule has 0 aliphatic heterocycles. The average Bonchev–Trinajstić information content (AvgIpc) is 2.19. The van der Waals surface area contributed by atoms with Gasteiger partial charge in [-0.1, -0.05) is 0 Å². The van der Waals surface area contributed by atoms with E-state index in [4.69, 9.17) is 12.2 Å². The van der Waals surface area contributed by atoms with Gasteiger partial charge in [0, 0.05) is 12.7 Å². The molecule has 1 aromatic rings. The molecule has 0 saturated heterocycles. The zero-order chi connectivity index (χ0) is 11.3. The fraction of sp³-hybridized carbons (Fsp3) is 0.286. The largest absolute Gasteiger partial charge is 0.360 e. The summed E-state index contributed by atoms with van der Waals surface area (Å²) in [6.45, 7) is -0.503. The number of halogens is 1. The first kappa shape index (κ1) is 11.4. The molecule has 8 heteroatoms. The molecule has 1 rings (SSSR count). The Morgan fingerprint density at radius 3 is 2.87 bits per heavy atom. The van der Waals surface area contributed by atoms with Gasteiger partial charge in [-0.15, -0.1) is 0 Å². The van der Waals surface area contributed by atoms with Gasteiger partial charge in [-0.2, -0.15) is 0 Å². The highest BCUT2D eigenvalue weighted by Crippen LogP contribution is 1.91. The second kappa shape index (κ2) is 5.25. The van der Waals surface area contributed by atoms with Crippen LogP contribution in [0.3, 0.4) is 0 Å². The number of alkyl halides is 1. The zero-order valence-electron chi connectivity index (χ0n) is 7.59. The summed E-state index contributed by atoms with van der Waals surface area (Å²) in [5, 5.41) is 5.15. The SMILES string of the molecule is O=c1[nH]cc(NC(=S)NCCF)c(=O)[nH]1. The minimum atomic E-state index is -0.604. The van der Waals surface area contributed by atoms with Crippen molar-refractivity contribution < 1.29 is 4.39 Å². The van der Waals surface area contributed by atoms with Gasteiger partial charge in [-0.25, -0.2) is 9.18 Å². The van der Waals surface area contributed by atoms with E-state index in [1.165, 1.54) is 6.20 Å². The van der Waals surface area contributed by atoms with Crippen LogP contribution in [0.1, 0.15) is 0 Å². The van der Waals surface area contributed by atoms with Crippen LogP contribution in [0.15, 0.2) is 15.8 Å². The molecule has 0 radical (unpaired) electrons. The number of aromatic nitrogens is 2. The Kier molecular flexibility index (Phi) is 3.98. The number of rotatable bonds is 3. The molecular formula is C7H9FN4O2S. The van der Waals surface area contributed by atoms with Crippen molar-refractivity contribution in [2.75, 3.05) is 18.5 Å². The summed E-state index contributed by atoms with van der Waals surface area (Å²) in [5.74, 6) is 0. The molecule has 0 aliphatic carbocycles. The van der Waals surface area contributed by atoms with Gasteiger partial charge in [0.2, 0.25) is 0 Å². The van der Waals surface area contributed by atoms with E-state index in [2.05, 4.69) is 15.6 Å². The molecule has 1 aromatic heterocycles. The van der Waals surface area contributed by atoms with E-state index in [9.17, 15) is 14.0 Å². The van der Waals surface area contributed by atoms with Crippen molar-refractivity contribution in [2.24, 2.45) is 0 Å². The van der Waals surface area contributed by atoms with Crippen LogP contribution in [0.5, 0.6) is 0 Å². The molecule has 0 atom stereocenters. The van der Waals surface area contributed by atoms with Gasteiger partial charge < -0.3 is 15.6 Å². The third-order valence-corrected chi connectivity index (χ3v) is 1.69. The van der Waals surface area contributed by atoms with Gasteiger partial charge in [0.25, 0.3) is 5.56 Å². The van der Waals surface area contributed by atoms with Crippen molar-refractivity contribution >= 4 is 23.0 Å². The van der Waals surface area contributed by atoms with E-state index in [1.54, 1.807) is 0 Å². The summed E-state index contributed by atoms with van der Waals surface area (Å²) in [6, 6.07) is 0. The summed E-state index contributed by atoms with van der Waals surface area (Å²) >= 11 is 4.76. The predicted molar refractivity (Wildman–Crippen MR) is 57.9 cm³/mol. The van der Waals surface area contributed by atoms with Crippen molar-refractivity contribution in [2.45, 2.75) is 0 Å². The molecular weight excluding hydrogens is 223 g/mol. The van der Waals surface area contributed by atoms with Gasteiger partial charge >= 0.3 is 5.69 Å². The molecule has 0 unspecified atom stereocenters. The van der Waals surface area contributed by atoms with E-state index in [0.717, 1.165) is 0 Å². The molecule has 0 spiro atoms. The average molecular weight is 232 g/mol. The molecule has 6 nitrogen and oxygen atoms in total. The standard InChI is InChI=1S/C7H9FN4O2S/c8-1-2-9-7(15)11-4-3-10-6(14)12-5(4)13/h3H,1-2H2,(H2,9,11,15)(H2,10,12,13,14). The summed E-state index contributed by atoms with van der Waals surface area (Å²) in [4.78, 5) is 26.1. The number of thiocarbonyl (C=S) groups is 1. The third kappa shape index (κ3) is 3.50. The number of anilines is 1. The monoisotopic (exact) mass is 232 g/mol. The Morgan fingerprint density at radius 2 is 2.27 bits per heavy atom. The van der Waals surface area contributed by atoms with Crippen LogP contribution in [0, 0.1) is 0 Å². The first-order valence-electron chi connectivity index (χ1n) is 4.06. The predicted octanol–water partition coefficient (Wildman–Crippen LogP) is -0.681. The number of aromatic amines is 2. The summed E-state index contributed by atoms with van der Waals surface area (Å²) in [7, 11) is 0. The maximum Gasteiger partial charge on any atom is 0.325 e. The molecule has 15 heavy (non-hydrogen) atoms. The zero-order valence-corrected chi connectivity index (χ0v) is 8.41. The molecule has 4 N–H and O–H groups in total. The second-order valence-corrected chi connectivity index (χ2v) is 2.96. The van der Waals surface area contributed by atoms with Crippen LogP contribution in [0.4, 0.5) is 10.1 Å². The first-order valence-corrected chi connectivity index (χ1v) is 4.47. The summed E-state index contributed by atoms with van der Waals surface area (Å²) < 4.78 is 11.8. The van der Waals surface area contributed by atoms with Crippen LogP contribution in [-0.2, 0) is 0 Å². The van der Waals surface area contributed by atoms with Gasteiger partial charge in [-0.05, 0) is 12.2 Å². The van der Waals surface area contributed by atoms with Gasteiger partial charge in [-0.3, -0.25) is 9.78 Å². The summed E-state index contributed by atoms with van der Waals surface area (Å²) in [5.41, 5.74) is -1.11. The van der Waals surface area contributed by atoms with E-state index >= 15 is 0 Å². The Labute approximate surface area is 88.9 Å². The maximum atomic E-state index is 11.8. The number of H-pyrrole nitrogens is 2. The van der Waals surface area contributed by atoms with E-state index in [0.29, 0.717) is 0 Å². The first-order chi connectivity index (χ1) is 7.13. The van der Waals surface area contributed by atoms with Gasteiger partial charge in [0.1, 0.15) is 12.4 Å². The van der Waals surface area contributed by atoms with Crippen LogP contribution in [0.2, 0.25) is 0 Å². The second-order valence-electron chi connectivity index (χ2n) is 2.56. The van der Waals surface area contributed by atoms with Crippen LogP contribution in [0.25, 0.3) is 0 Å². The Balaban J connectivity index is 2.69. The Bertz CT molecular complexity index is 455. The molecule has 0 amide bonds. The normalized spacial score (nSPS) is 9.67. The molecule has 1 heterocycles. The van der Waals surface area contributed by atoms with Crippen LogP contribution >= 0.6 is 12.2 Å². The van der Waals surface area contributed by atoms with Crippen molar-refractivity contribution in [3.05, 3.63) is 27.0 Å². The quantitative estimate of drug-likeness (QED) is 0.518. The van der Waals surface area contributed by atoms with E-state index < -0.39 is 17.9 Å². The lowest BCUT2D eigenvalue weighted by atomic mass is 10.5. The summed E-state index contributed by atoms with van der Waals surface area (Å²) in [6.07, 6.45) is 1.19. The minimum Gasteiger partial charge on any atom is -0.360 e. The fourth-order valence-electron chi connectivity index (χ4n) is 0.830. The van der Waals surface area contributed by atoms with Crippen LogP contribution in [-0.4, -0.2) is 28.3 Å². The van der Waals surface area contributed by atoms with Crippen molar-refractivity contribution in [1.82, 2.24) is 15.3 Å². The van der Waals surface area contributed by atoms with Crippen molar-refractivity contribution in [3.63, 3.8) is 0 Å². The number of hydrogen-bond donors (Lipinski definition) is 4. The number of nitrogens with one attached hydrogen (secondary N) is 4. The van der Waals surface area contributed by atoms with Gasteiger partial charge in [0.15, 0.2) is 5.11 Å². The molecule has 0 fully saturated rings. The molecule has 82 valence electrons. The molecule has 0 bridgehead atoms. The van der Waals surface area contributed by atoms with E-state index in [1.807, 2.05) is 4.98 Å². The molecule has 0 aliphatic rings. The topological polar surface area (TPSA) is 89.8 Å². The lowest BCUT2D eigenvalue weighted by Crippen LogP contribution is -2.33. The van der Waals surface area contributed by atoms with E-state index in [-0.39, 0.29) is 17.3 Å². The third-order valence-electron chi connectivity index (χ3n) is 1.45. The van der Waals surface area contributed by atoms with Crippen LogP contribution < -0.4 is 21.9 Å². The van der Waals surface area contributed by atoms with Crippen molar-refractivity contribution in [1.29, 1.82) is 0 Å². The highest BCUT2D eigenvalue weighted by Gasteiger charge is 2.01.